The van der Waals surface area contributed by atoms with E-state index < -0.39 is 0 Å². The summed E-state index contributed by atoms with van der Waals surface area (Å²) in [6.07, 6.45) is 2.73. The monoisotopic (exact) mass is 307 g/mol. The molecule has 0 aliphatic heterocycles. The van der Waals surface area contributed by atoms with E-state index in [0.29, 0.717) is 6.04 Å². The van der Waals surface area contributed by atoms with Crippen LogP contribution >= 0.6 is 15.9 Å². The molecule has 0 saturated heterocycles. The summed E-state index contributed by atoms with van der Waals surface area (Å²) in [7, 11) is 0. The van der Waals surface area contributed by atoms with Crippen molar-refractivity contribution in [2.24, 2.45) is 0 Å². The second kappa shape index (κ2) is 6.21. The first-order valence-corrected chi connectivity index (χ1v) is 6.98. The van der Waals surface area contributed by atoms with Crippen LogP contribution in [0.15, 0.2) is 51.6 Å². The molecule has 2 rings (SSSR count). The Kier molecular flexibility index (Phi) is 4.61. The van der Waals surface area contributed by atoms with E-state index in [9.17, 15) is 0 Å². The van der Waals surface area contributed by atoms with Gasteiger partial charge in [0.25, 0.3) is 0 Å². The number of nitrogens with one attached hydrogen (secondary N) is 1. The van der Waals surface area contributed by atoms with Crippen molar-refractivity contribution in [2.75, 3.05) is 0 Å². The lowest BCUT2D eigenvalue weighted by Gasteiger charge is -2.18. The van der Waals surface area contributed by atoms with Crippen molar-refractivity contribution in [3.63, 3.8) is 0 Å². The van der Waals surface area contributed by atoms with Crippen LogP contribution in [0, 0.1) is 0 Å². The molecule has 3 heteroatoms. The average Bonchev–Trinajstić information content (AvgIpc) is 2.85. The van der Waals surface area contributed by atoms with Crippen molar-refractivity contribution < 1.29 is 4.42 Å². The topological polar surface area (TPSA) is 25.2 Å². The highest BCUT2D eigenvalue weighted by atomic mass is 79.9. The van der Waals surface area contributed by atoms with Crippen LogP contribution in [-0.4, -0.2) is 6.04 Å². The van der Waals surface area contributed by atoms with Gasteiger partial charge in [-0.25, -0.2) is 0 Å². The van der Waals surface area contributed by atoms with Crippen molar-refractivity contribution in [1.29, 1.82) is 0 Å². The Morgan fingerprint density at radius 2 is 1.89 bits per heavy atom. The van der Waals surface area contributed by atoms with E-state index in [0.717, 1.165) is 16.7 Å². The van der Waals surface area contributed by atoms with E-state index in [1.165, 1.54) is 5.56 Å². The molecule has 0 aliphatic carbocycles. The molecule has 0 radical (unpaired) electrons. The third-order valence-electron chi connectivity index (χ3n) is 2.96. The maximum atomic E-state index is 5.39. The fraction of sp³-hybridized carbons (Fsp3) is 0.333. The fourth-order valence-electron chi connectivity index (χ4n) is 2.08. The summed E-state index contributed by atoms with van der Waals surface area (Å²) in [5.74, 6) is 0.984. The van der Waals surface area contributed by atoms with Crippen LogP contribution in [0.5, 0.6) is 0 Å². The van der Waals surface area contributed by atoms with Gasteiger partial charge in [-0.1, -0.05) is 28.1 Å². The molecule has 2 nitrogen and oxygen atoms in total. The molecule has 0 spiro atoms. The van der Waals surface area contributed by atoms with Gasteiger partial charge in [0.15, 0.2) is 0 Å². The molecule has 2 unspecified atom stereocenters. The van der Waals surface area contributed by atoms with Gasteiger partial charge in [0.2, 0.25) is 0 Å². The van der Waals surface area contributed by atoms with Crippen LogP contribution in [-0.2, 0) is 6.42 Å². The smallest absolute Gasteiger partial charge is 0.120 e. The van der Waals surface area contributed by atoms with Crippen molar-refractivity contribution in [3.8, 4) is 0 Å². The summed E-state index contributed by atoms with van der Waals surface area (Å²) >= 11 is 3.45. The van der Waals surface area contributed by atoms with Crippen LogP contribution < -0.4 is 5.32 Å². The highest BCUT2D eigenvalue weighted by molar-refractivity contribution is 9.10. The minimum atomic E-state index is 0.241. The van der Waals surface area contributed by atoms with E-state index in [4.69, 9.17) is 4.42 Å². The molecule has 1 aromatic carbocycles. The first kappa shape index (κ1) is 13.4. The second-order valence-electron chi connectivity index (χ2n) is 4.64. The minimum absolute atomic E-state index is 0.241. The number of halogens is 1. The molecule has 0 bridgehead atoms. The van der Waals surface area contributed by atoms with Crippen LogP contribution in [0.4, 0.5) is 0 Å². The Bertz CT molecular complexity index is 464. The molecular weight excluding hydrogens is 290 g/mol. The summed E-state index contributed by atoms with van der Waals surface area (Å²) < 4.78 is 6.51. The van der Waals surface area contributed by atoms with E-state index in [2.05, 4.69) is 59.4 Å². The predicted molar refractivity (Wildman–Crippen MR) is 77.6 cm³/mol. The standard InChI is InChI=1S/C15H18BrNO/c1-11(10-13-5-7-14(16)8-6-13)17-12(2)15-4-3-9-18-15/h3-9,11-12,17H,10H2,1-2H3. The zero-order valence-corrected chi connectivity index (χ0v) is 12.3. The van der Waals surface area contributed by atoms with Gasteiger partial charge < -0.3 is 9.73 Å². The number of hydrogen-bond donors (Lipinski definition) is 1. The van der Waals surface area contributed by atoms with Gasteiger partial charge in [0, 0.05) is 10.5 Å². The van der Waals surface area contributed by atoms with Crippen LogP contribution in [0.1, 0.15) is 31.2 Å². The summed E-state index contributed by atoms with van der Waals surface area (Å²) in [4.78, 5) is 0. The molecule has 2 aromatic rings. The number of benzene rings is 1. The van der Waals surface area contributed by atoms with Gasteiger partial charge in [-0.3, -0.25) is 0 Å². The molecule has 2 atom stereocenters. The molecule has 96 valence electrons. The van der Waals surface area contributed by atoms with E-state index in [1.807, 2.05) is 12.1 Å². The normalized spacial score (nSPS) is 14.4. The molecule has 0 fully saturated rings. The molecule has 0 amide bonds. The zero-order chi connectivity index (χ0) is 13.0. The highest BCUT2D eigenvalue weighted by Crippen LogP contribution is 2.15. The third-order valence-corrected chi connectivity index (χ3v) is 3.49. The molecule has 18 heavy (non-hydrogen) atoms. The van der Waals surface area contributed by atoms with Crippen molar-refractivity contribution in [2.45, 2.75) is 32.4 Å². The first-order chi connectivity index (χ1) is 8.65. The highest BCUT2D eigenvalue weighted by Gasteiger charge is 2.11. The lowest BCUT2D eigenvalue weighted by molar-refractivity contribution is 0.397. The van der Waals surface area contributed by atoms with Crippen molar-refractivity contribution in [1.82, 2.24) is 5.32 Å². The number of rotatable bonds is 5. The summed E-state index contributed by atoms with van der Waals surface area (Å²) in [5, 5.41) is 3.54. The molecule has 0 saturated carbocycles. The Morgan fingerprint density at radius 3 is 2.50 bits per heavy atom. The van der Waals surface area contributed by atoms with Crippen molar-refractivity contribution >= 4 is 15.9 Å². The quantitative estimate of drug-likeness (QED) is 0.889. The average molecular weight is 308 g/mol. The fourth-order valence-corrected chi connectivity index (χ4v) is 2.34. The molecule has 1 heterocycles. The lowest BCUT2D eigenvalue weighted by atomic mass is 10.1. The zero-order valence-electron chi connectivity index (χ0n) is 10.7. The Balaban J connectivity index is 1.88. The molecular formula is C15H18BrNO. The summed E-state index contributed by atoms with van der Waals surface area (Å²) in [5.41, 5.74) is 1.34. The summed E-state index contributed by atoms with van der Waals surface area (Å²) in [6, 6.07) is 13.0. The van der Waals surface area contributed by atoms with E-state index in [-0.39, 0.29) is 6.04 Å². The maximum Gasteiger partial charge on any atom is 0.120 e. The maximum absolute atomic E-state index is 5.39. The minimum Gasteiger partial charge on any atom is -0.468 e. The molecule has 0 aliphatic rings. The summed E-state index contributed by atoms with van der Waals surface area (Å²) in [6.45, 7) is 4.32. The molecule has 1 N–H and O–H groups in total. The van der Waals surface area contributed by atoms with Gasteiger partial charge in [-0.15, -0.1) is 0 Å². The number of furan rings is 1. The Labute approximate surface area is 117 Å². The lowest BCUT2D eigenvalue weighted by Crippen LogP contribution is -2.30. The predicted octanol–water partition coefficient (Wildman–Crippen LogP) is 4.32. The Hall–Kier alpha value is -1.06. The van der Waals surface area contributed by atoms with E-state index >= 15 is 0 Å². The van der Waals surface area contributed by atoms with Crippen LogP contribution in [0.3, 0.4) is 0 Å². The molecule has 1 aromatic heterocycles. The van der Waals surface area contributed by atoms with Crippen LogP contribution in [0.25, 0.3) is 0 Å². The first-order valence-electron chi connectivity index (χ1n) is 6.19. The van der Waals surface area contributed by atoms with Gasteiger partial charge in [0.05, 0.1) is 12.3 Å². The third kappa shape index (κ3) is 3.72. The van der Waals surface area contributed by atoms with Crippen LogP contribution in [0.2, 0.25) is 0 Å². The van der Waals surface area contributed by atoms with Gasteiger partial charge in [0.1, 0.15) is 5.76 Å². The SMILES string of the molecule is CC(Cc1ccc(Br)cc1)NC(C)c1ccco1. The van der Waals surface area contributed by atoms with Gasteiger partial charge in [-0.2, -0.15) is 0 Å². The Morgan fingerprint density at radius 1 is 1.17 bits per heavy atom. The van der Waals surface area contributed by atoms with Gasteiger partial charge in [-0.05, 0) is 50.1 Å². The number of hydrogen-bond acceptors (Lipinski definition) is 2. The second-order valence-corrected chi connectivity index (χ2v) is 5.55. The van der Waals surface area contributed by atoms with E-state index in [1.54, 1.807) is 6.26 Å². The van der Waals surface area contributed by atoms with Gasteiger partial charge >= 0.3 is 0 Å². The largest absolute Gasteiger partial charge is 0.468 e. The van der Waals surface area contributed by atoms with Crippen molar-refractivity contribution in [3.05, 3.63) is 58.5 Å².